The molecular formula is C29H28N2O4S. The Hall–Kier alpha value is -3.71. The maximum atomic E-state index is 13.7. The van der Waals surface area contributed by atoms with Crippen molar-refractivity contribution in [2.75, 3.05) is 19.0 Å². The fourth-order valence-corrected chi connectivity index (χ4v) is 6.01. The summed E-state index contributed by atoms with van der Waals surface area (Å²) in [6.07, 6.45) is 4.99. The van der Waals surface area contributed by atoms with Gasteiger partial charge in [0.2, 0.25) is 0 Å². The van der Waals surface area contributed by atoms with Crippen molar-refractivity contribution in [1.82, 2.24) is 4.98 Å². The van der Waals surface area contributed by atoms with Crippen LogP contribution in [0, 0.1) is 0 Å². The molecule has 2 heterocycles. The highest BCUT2D eigenvalue weighted by atomic mass is 32.1. The number of nitrogens with one attached hydrogen (secondary N) is 1. The van der Waals surface area contributed by atoms with Gasteiger partial charge in [0, 0.05) is 15.8 Å². The minimum absolute atomic E-state index is 0.280. The van der Waals surface area contributed by atoms with Crippen LogP contribution >= 0.6 is 11.3 Å². The molecule has 5 rings (SSSR count). The maximum absolute atomic E-state index is 13.7. The second-order valence-corrected chi connectivity index (χ2v) is 9.85. The van der Waals surface area contributed by atoms with Crippen LogP contribution in [0.25, 0.3) is 22.2 Å². The van der Waals surface area contributed by atoms with Crippen molar-refractivity contribution in [2.45, 2.75) is 39.0 Å². The van der Waals surface area contributed by atoms with Crippen LogP contribution in [0.4, 0.5) is 5.00 Å². The van der Waals surface area contributed by atoms with Gasteiger partial charge < -0.3 is 14.8 Å². The molecule has 0 spiro atoms. The first-order chi connectivity index (χ1) is 17.6. The van der Waals surface area contributed by atoms with E-state index in [0.717, 1.165) is 64.8 Å². The summed E-state index contributed by atoms with van der Waals surface area (Å²) >= 11 is 1.49. The van der Waals surface area contributed by atoms with Crippen molar-refractivity contribution in [3.63, 3.8) is 0 Å². The monoisotopic (exact) mass is 500 g/mol. The fourth-order valence-electron chi connectivity index (χ4n) is 4.74. The van der Waals surface area contributed by atoms with E-state index in [9.17, 15) is 9.59 Å². The van der Waals surface area contributed by atoms with Gasteiger partial charge in [-0.25, -0.2) is 9.78 Å². The Morgan fingerprint density at radius 3 is 2.69 bits per heavy atom. The van der Waals surface area contributed by atoms with E-state index < -0.39 is 5.97 Å². The van der Waals surface area contributed by atoms with Crippen molar-refractivity contribution < 1.29 is 19.1 Å². The molecule has 0 aliphatic heterocycles. The minimum Gasteiger partial charge on any atom is -0.494 e. The van der Waals surface area contributed by atoms with Crippen molar-refractivity contribution >= 4 is 39.1 Å². The van der Waals surface area contributed by atoms with Crippen molar-refractivity contribution in [1.29, 1.82) is 0 Å². The van der Waals surface area contributed by atoms with Gasteiger partial charge in [-0.3, -0.25) is 4.79 Å². The molecule has 0 unspecified atom stereocenters. The first-order valence-electron chi connectivity index (χ1n) is 12.3. The number of esters is 1. The molecule has 7 heteroatoms. The number of rotatable bonds is 6. The Balaban J connectivity index is 1.57. The maximum Gasteiger partial charge on any atom is 0.341 e. The zero-order valence-corrected chi connectivity index (χ0v) is 21.2. The standard InChI is InChI=1S/C29H28N2O4S/c1-3-35-19-11-9-10-18(16-19)24-17-22(20-12-7-8-14-23(20)30-24)27(32)31-28-26(29(33)34-2)21-13-5-4-6-15-25(21)36-28/h7-12,14,16-17H,3-6,13,15H2,1-2H3,(H,31,32). The first-order valence-corrected chi connectivity index (χ1v) is 13.1. The summed E-state index contributed by atoms with van der Waals surface area (Å²) in [6.45, 7) is 2.51. The van der Waals surface area contributed by atoms with E-state index >= 15 is 0 Å². The average molecular weight is 501 g/mol. The molecule has 1 amide bonds. The van der Waals surface area contributed by atoms with Crippen LogP contribution in [0.5, 0.6) is 5.75 Å². The van der Waals surface area contributed by atoms with Crippen LogP contribution in [-0.4, -0.2) is 30.6 Å². The molecule has 0 radical (unpaired) electrons. The molecule has 0 saturated heterocycles. The van der Waals surface area contributed by atoms with Gasteiger partial charge in [0.25, 0.3) is 5.91 Å². The number of hydrogen-bond donors (Lipinski definition) is 1. The molecule has 1 aliphatic carbocycles. The van der Waals surface area contributed by atoms with E-state index in [2.05, 4.69) is 5.32 Å². The molecule has 184 valence electrons. The molecule has 2 aromatic carbocycles. The van der Waals surface area contributed by atoms with Gasteiger partial charge >= 0.3 is 5.97 Å². The summed E-state index contributed by atoms with van der Waals surface area (Å²) in [5, 5.41) is 4.35. The lowest BCUT2D eigenvalue weighted by atomic mass is 10.0. The summed E-state index contributed by atoms with van der Waals surface area (Å²) < 4.78 is 10.8. The van der Waals surface area contributed by atoms with Gasteiger partial charge in [-0.2, -0.15) is 0 Å². The molecule has 1 aliphatic rings. The van der Waals surface area contributed by atoms with Gasteiger partial charge in [0.1, 0.15) is 10.8 Å². The lowest BCUT2D eigenvalue weighted by molar-refractivity contribution is 0.0601. The van der Waals surface area contributed by atoms with E-state index in [-0.39, 0.29) is 5.91 Å². The topological polar surface area (TPSA) is 77.5 Å². The average Bonchev–Trinajstić information content (AvgIpc) is 3.07. The number of carbonyl (C=O) groups excluding carboxylic acids is 2. The number of amides is 1. The molecule has 36 heavy (non-hydrogen) atoms. The van der Waals surface area contributed by atoms with E-state index in [1.165, 1.54) is 18.4 Å². The Morgan fingerprint density at radius 1 is 1.03 bits per heavy atom. The molecule has 1 N–H and O–H groups in total. The number of fused-ring (bicyclic) bond motifs is 2. The zero-order valence-electron chi connectivity index (χ0n) is 20.4. The van der Waals surface area contributed by atoms with Crippen LogP contribution in [0.3, 0.4) is 0 Å². The molecule has 6 nitrogen and oxygen atoms in total. The smallest absolute Gasteiger partial charge is 0.341 e. The van der Waals surface area contributed by atoms with E-state index in [1.54, 1.807) is 6.07 Å². The molecule has 0 fully saturated rings. The van der Waals surface area contributed by atoms with Crippen LogP contribution in [0.15, 0.2) is 54.6 Å². The summed E-state index contributed by atoms with van der Waals surface area (Å²) in [5.41, 5.74) is 4.27. The van der Waals surface area contributed by atoms with Gasteiger partial charge in [0.15, 0.2) is 0 Å². The number of methoxy groups -OCH3 is 1. The fraction of sp³-hybridized carbons (Fsp3) is 0.276. The molecule has 2 aromatic heterocycles. The molecule has 0 saturated carbocycles. The second kappa shape index (κ2) is 10.5. The molecule has 0 atom stereocenters. The van der Waals surface area contributed by atoms with E-state index in [1.807, 2.05) is 55.5 Å². The van der Waals surface area contributed by atoms with Crippen molar-refractivity contribution in [3.8, 4) is 17.0 Å². The lowest BCUT2D eigenvalue weighted by Gasteiger charge is -2.12. The quantitative estimate of drug-likeness (QED) is 0.236. The van der Waals surface area contributed by atoms with Crippen LogP contribution in [0.1, 0.15) is 57.3 Å². The number of ether oxygens (including phenoxy) is 2. The van der Waals surface area contributed by atoms with Gasteiger partial charge in [-0.1, -0.05) is 36.8 Å². The largest absolute Gasteiger partial charge is 0.494 e. The van der Waals surface area contributed by atoms with Gasteiger partial charge in [0.05, 0.1) is 36.1 Å². The number of para-hydroxylation sites is 1. The van der Waals surface area contributed by atoms with Crippen LogP contribution < -0.4 is 10.1 Å². The van der Waals surface area contributed by atoms with Crippen LogP contribution in [-0.2, 0) is 17.6 Å². The SMILES string of the molecule is CCOc1cccc(-c2cc(C(=O)Nc3sc4c(c3C(=O)OC)CCCCC4)c3ccccc3n2)c1. The highest BCUT2D eigenvalue weighted by Gasteiger charge is 2.27. The number of carbonyl (C=O) groups is 2. The Labute approximate surface area is 214 Å². The molecular weight excluding hydrogens is 472 g/mol. The van der Waals surface area contributed by atoms with Gasteiger partial charge in [-0.15, -0.1) is 11.3 Å². The third-order valence-electron chi connectivity index (χ3n) is 6.44. The Kier molecular flexibility index (Phi) is 7.00. The highest BCUT2D eigenvalue weighted by molar-refractivity contribution is 7.17. The Bertz CT molecular complexity index is 1440. The van der Waals surface area contributed by atoms with Crippen molar-refractivity contribution in [3.05, 3.63) is 76.2 Å². The number of pyridine rings is 1. The highest BCUT2D eigenvalue weighted by Crippen LogP contribution is 2.38. The number of anilines is 1. The third-order valence-corrected chi connectivity index (χ3v) is 7.65. The number of benzene rings is 2. The van der Waals surface area contributed by atoms with E-state index in [4.69, 9.17) is 14.5 Å². The minimum atomic E-state index is -0.405. The zero-order chi connectivity index (χ0) is 25.1. The summed E-state index contributed by atoms with van der Waals surface area (Å²) in [4.78, 5) is 32.4. The number of thiophene rings is 1. The van der Waals surface area contributed by atoms with Crippen molar-refractivity contribution in [2.24, 2.45) is 0 Å². The normalized spacial score (nSPS) is 13.1. The van der Waals surface area contributed by atoms with Crippen LogP contribution in [0.2, 0.25) is 0 Å². The number of hydrogen-bond acceptors (Lipinski definition) is 6. The lowest BCUT2D eigenvalue weighted by Crippen LogP contribution is -2.15. The number of aryl methyl sites for hydroxylation is 1. The third kappa shape index (κ3) is 4.71. The predicted octanol–water partition coefficient (Wildman–Crippen LogP) is 6.67. The first kappa shape index (κ1) is 24.0. The summed E-state index contributed by atoms with van der Waals surface area (Å²) in [6, 6.07) is 17.1. The van der Waals surface area contributed by atoms with Gasteiger partial charge in [-0.05, 0) is 62.4 Å². The predicted molar refractivity (Wildman–Crippen MR) is 143 cm³/mol. The molecule has 0 bridgehead atoms. The second-order valence-electron chi connectivity index (χ2n) is 8.75. The number of aromatic nitrogens is 1. The molecule has 4 aromatic rings. The van der Waals surface area contributed by atoms with E-state index in [0.29, 0.717) is 28.4 Å². The summed E-state index contributed by atoms with van der Waals surface area (Å²) in [7, 11) is 1.38. The number of nitrogens with zero attached hydrogens (tertiary/aromatic N) is 1. The Morgan fingerprint density at radius 2 is 1.86 bits per heavy atom. The summed E-state index contributed by atoms with van der Waals surface area (Å²) in [5.74, 6) is 0.0638.